The first-order chi connectivity index (χ1) is 9.02. The molecule has 0 radical (unpaired) electrons. The molecule has 104 valence electrons. The lowest BCUT2D eigenvalue weighted by Gasteiger charge is -2.27. The van der Waals surface area contributed by atoms with Gasteiger partial charge in [-0.05, 0) is 42.0 Å². The number of carbonyl (C=O) groups excluding carboxylic acids is 1. The summed E-state index contributed by atoms with van der Waals surface area (Å²) < 4.78 is 0. The molecule has 1 aliphatic heterocycles. The van der Waals surface area contributed by atoms with E-state index in [9.17, 15) is 4.79 Å². The summed E-state index contributed by atoms with van der Waals surface area (Å²) in [5.41, 5.74) is 15.4. The first-order valence-electron chi connectivity index (χ1n) is 6.91. The van der Waals surface area contributed by atoms with Crippen molar-refractivity contribution in [3.63, 3.8) is 0 Å². The van der Waals surface area contributed by atoms with Crippen molar-refractivity contribution in [3.8, 4) is 0 Å². The Morgan fingerprint density at radius 3 is 2.68 bits per heavy atom. The van der Waals surface area contributed by atoms with E-state index in [1.54, 1.807) is 0 Å². The van der Waals surface area contributed by atoms with Crippen molar-refractivity contribution in [1.82, 2.24) is 0 Å². The second-order valence-electron chi connectivity index (χ2n) is 5.63. The van der Waals surface area contributed by atoms with Crippen LogP contribution in [-0.4, -0.2) is 12.5 Å². The number of anilines is 1. The Kier molecular flexibility index (Phi) is 4.22. The summed E-state index contributed by atoms with van der Waals surface area (Å²) in [7, 11) is 0. The molecule has 4 heteroatoms. The molecule has 4 nitrogen and oxygen atoms in total. The van der Waals surface area contributed by atoms with Crippen LogP contribution in [0.5, 0.6) is 0 Å². The lowest BCUT2D eigenvalue weighted by atomic mass is 9.84. The molecule has 0 aliphatic carbocycles. The molecule has 0 aromatic heterocycles. The quantitative estimate of drug-likeness (QED) is 0.773. The molecule has 0 bridgehead atoms. The third kappa shape index (κ3) is 2.96. The van der Waals surface area contributed by atoms with Gasteiger partial charge in [0, 0.05) is 18.2 Å². The van der Waals surface area contributed by atoms with E-state index in [0.717, 1.165) is 17.7 Å². The fourth-order valence-corrected chi connectivity index (χ4v) is 2.69. The number of rotatable bonds is 4. The Balaban J connectivity index is 2.24. The van der Waals surface area contributed by atoms with Crippen molar-refractivity contribution in [1.29, 1.82) is 0 Å². The first-order valence-corrected chi connectivity index (χ1v) is 6.91. The Labute approximate surface area is 114 Å². The topological polar surface area (TPSA) is 81.1 Å². The predicted molar refractivity (Wildman–Crippen MR) is 77.7 cm³/mol. The van der Waals surface area contributed by atoms with Gasteiger partial charge in [-0.25, -0.2) is 0 Å². The van der Waals surface area contributed by atoms with Crippen molar-refractivity contribution in [2.24, 2.45) is 23.3 Å². The lowest BCUT2D eigenvalue weighted by Crippen LogP contribution is -2.32. The fraction of sp³-hybridized carbons (Fsp3) is 0.533. The van der Waals surface area contributed by atoms with Gasteiger partial charge in [-0.1, -0.05) is 26.0 Å². The van der Waals surface area contributed by atoms with Gasteiger partial charge < -0.3 is 16.8 Å². The highest BCUT2D eigenvalue weighted by Crippen LogP contribution is 2.30. The van der Waals surface area contributed by atoms with Crippen LogP contribution in [0.4, 0.5) is 5.69 Å². The van der Waals surface area contributed by atoms with E-state index in [2.05, 4.69) is 25.2 Å². The molecular weight excluding hydrogens is 238 g/mol. The smallest absolute Gasteiger partial charge is 0.224 e. The lowest BCUT2D eigenvalue weighted by molar-refractivity contribution is -0.116. The zero-order valence-electron chi connectivity index (χ0n) is 11.6. The summed E-state index contributed by atoms with van der Waals surface area (Å²) in [6.07, 6.45) is 1.34. The van der Waals surface area contributed by atoms with Crippen molar-refractivity contribution in [3.05, 3.63) is 29.3 Å². The SMILES string of the molecule is CC(C)C(CN)C(N)c1ccc2c(c1)CCC(=O)N2. The highest BCUT2D eigenvalue weighted by atomic mass is 16.1. The van der Waals surface area contributed by atoms with Gasteiger partial charge in [-0.15, -0.1) is 0 Å². The summed E-state index contributed by atoms with van der Waals surface area (Å²) in [4.78, 5) is 11.3. The van der Waals surface area contributed by atoms with Gasteiger partial charge in [-0.2, -0.15) is 0 Å². The first kappa shape index (κ1) is 14.0. The van der Waals surface area contributed by atoms with Crippen molar-refractivity contribution in [2.75, 3.05) is 11.9 Å². The minimum Gasteiger partial charge on any atom is -0.330 e. The summed E-state index contributed by atoms with van der Waals surface area (Å²) in [6.45, 7) is 4.89. The van der Waals surface area contributed by atoms with Crippen LogP contribution in [0, 0.1) is 11.8 Å². The normalized spacial score (nSPS) is 17.8. The summed E-state index contributed by atoms with van der Waals surface area (Å²) >= 11 is 0. The molecular formula is C15H23N3O. The molecule has 0 spiro atoms. The minimum atomic E-state index is -0.0482. The number of amides is 1. The van der Waals surface area contributed by atoms with Crippen molar-refractivity contribution >= 4 is 11.6 Å². The van der Waals surface area contributed by atoms with Gasteiger partial charge >= 0.3 is 0 Å². The zero-order valence-corrected chi connectivity index (χ0v) is 11.6. The molecule has 1 aromatic carbocycles. The second kappa shape index (κ2) is 5.72. The summed E-state index contributed by atoms with van der Waals surface area (Å²) in [5.74, 6) is 0.818. The van der Waals surface area contributed by atoms with E-state index in [0.29, 0.717) is 18.9 Å². The highest BCUT2D eigenvalue weighted by Gasteiger charge is 2.23. The molecule has 1 amide bonds. The molecule has 2 unspecified atom stereocenters. The number of fused-ring (bicyclic) bond motifs is 1. The van der Waals surface area contributed by atoms with E-state index >= 15 is 0 Å². The monoisotopic (exact) mass is 261 g/mol. The molecule has 1 aromatic rings. The van der Waals surface area contributed by atoms with Gasteiger partial charge in [0.25, 0.3) is 0 Å². The van der Waals surface area contributed by atoms with Crippen LogP contribution in [0.1, 0.15) is 37.4 Å². The standard InChI is InChI=1S/C15H23N3O/c1-9(2)12(8-16)15(17)11-3-5-13-10(7-11)4-6-14(19)18-13/h3,5,7,9,12,15H,4,6,8,16-17H2,1-2H3,(H,18,19). The molecule has 0 saturated heterocycles. The summed E-state index contributed by atoms with van der Waals surface area (Å²) in [5, 5.41) is 2.89. The average Bonchev–Trinajstić information content (AvgIpc) is 2.38. The molecule has 5 N–H and O–H groups in total. The maximum atomic E-state index is 11.3. The van der Waals surface area contributed by atoms with Gasteiger partial charge in [0.05, 0.1) is 0 Å². The molecule has 19 heavy (non-hydrogen) atoms. The third-order valence-corrected chi connectivity index (χ3v) is 4.00. The van der Waals surface area contributed by atoms with E-state index < -0.39 is 0 Å². The summed E-state index contributed by atoms with van der Waals surface area (Å²) in [6, 6.07) is 6.02. The average molecular weight is 261 g/mol. The van der Waals surface area contributed by atoms with Crippen LogP contribution < -0.4 is 16.8 Å². The van der Waals surface area contributed by atoms with E-state index in [1.165, 1.54) is 5.56 Å². The Bertz CT molecular complexity index is 470. The van der Waals surface area contributed by atoms with E-state index in [1.807, 2.05) is 12.1 Å². The highest BCUT2D eigenvalue weighted by molar-refractivity contribution is 5.93. The van der Waals surface area contributed by atoms with E-state index in [-0.39, 0.29) is 17.9 Å². The van der Waals surface area contributed by atoms with Crippen LogP contribution in [0.25, 0.3) is 0 Å². The zero-order chi connectivity index (χ0) is 14.0. The largest absolute Gasteiger partial charge is 0.330 e. The Morgan fingerprint density at radius 1 is 1.32 bits per heavy atom. The molecule has 1 aliphatic rings. The Morgan fingerprint density at radius 2 is 2.05 bits per heavy atom. The van der Waals surface area contributed by atoms with Gasteiger partial charge in [0.1, 0.15) is 0 Å². The molecule has 0 saturated carbocycles. The second-order valence-corrected chi connectivity index (χ2v) is 5.63. The van der Waals surface area contributed by atoms with Crippen LogP contribution in [0.2, 0.25) is 0 Å². The maximum Gasteiger partial charge on any atom is 0.224 e. The Hall–Kier alpha value is -1.39. The van der Waals surface area contributed by atoms with E-state index in [4.69, 9.17) is 11.5 Å². The third-order valence-electron chi connectivity index (χ3n) is 4.00. The van der Waals surface area contributed by atoms with Crippen molar-refractivity contribution < 1.29 is 4.79 Å². The number of nitrogens with two attached hydrogens (primary N) is 2. The molecule has 2 rings (SSSR count). The number of carbonyl (C=O) groups is 1. The van der Waals surface area contributed by atoms with Crippen molar-refractivity contribution in [2.45, 2.75) is 32.7 Å². The number of hydrogen-bond donors (Lipinski definition) is 3. The van der Waals surface area contributed by atoms with Gasteiger partial charge in [0.2, 0.25) is 5.91 Å². The predicted octanol–water partition coefficient (Wildman–Crippen LogP) is 1.80. The van der Waals surface area contributed by atoms with Crippen LogP contribution in [-0.2, 0) is 11.2 Å². The fourth-order valence-electron chi connectivity index (χ4n) is 2.69. The van der Waals surface area contributed by atoms with Crippen LogP contribution in [0.3, 0.4) is 0 Å². The molecule has 2 atom stereocenters. The minimum absolute atomic E-state index is 0.0482. The van der Waals surface area contributed by atoms with Crippen LogP contribution in [0.15, 0.2) is 18.2 Å². The van der Waals surface area contributed by atoms with Gasteiger partial charge in [0.15, 0.2) is 0 Å². The molecule has 0 fully saturated rings. The number of benzene rings is 1. The maximum absolute atomic E-state index is 11.3. The number of hydrogen-bond acceptors (Lipinski definition) is 3. The number of nitrogens with one attached hydrogen (secondary N) is 1. The molecule has 1 heterocycles. The van der Waals surface area contributed by atoms with Gasteiger partial charge in [-0.3, -0.25) is 4.79 Å². The number of aryl methyl sites for hydroxylation is 1. The van der Waals surface area contributed by atoms with Crippen LogP contribution >= 0.6 is 0 Å².